The van der Waals surface area contributed by atoms with E-state index < -0.39 is 0 Å². The molecule has 0 heterocycles. The fraction of sp³-hybridized carbons (Fsp3) is 0.833. The van der Waals surface area contributed by atoms with Crippen LogP contribution in [0.3, 0.4) is 0 Å². The van der Waals surface area contributed by atoms with Crippen LogP contribution < -0.4 is 0 Å². The van der Waals surface area contributed by atoms with Gasteiger partial charge >= 0.3 is 0 Å². The summed E-state index contributed by atoms with van der Waals surface area (Å²) in [7, 11) is 0. The number of aliphatic hydroxyl groups excluding tert-OH is 1. The van der Waals surface area contributed by atoms with Gasteiger partial charge in [-0.1, -0.05) is 18.6 Å². The largest absolute Gasteiger partial charge is 0.393 e. The first-order valence-corrected chi connectivity index (χ1v) is 8.50. The number of ketones is 1. The molecule has 4 aliphatic rings. The summed E-state index contributed by atoms with van der Waals surface area (Å²) < 4.78 is 0. The molecule has 0 saturated heterocycles. The summed E-state index contributed by atoms with van der Waals surface area (Å²) >= 11 is 0. The summed E-state index contributed by atoms with van der Waals surface area (Å²) in [5.74, 6) is 3.43. The number of aliphatic hydroxyl groups is 1. The van der Waals surface area contributed by atoms with E-state index >= 15 is 0 Å². The van der Waals surface area contributed by atoms with Crippen LogP contribution in [0, 0.1) is 29.1 Å². The van der Waals surface area contributed by atoms with Crippen molar-refractivity contribution in [3.63, 3.8) is 0 Å². The van der Waals surface area contributed by atoms with Crippen LogP contribution >= 0.6 is 0 Å². The molecule has 110 valence electrons. The maximum atomic E-state index is 12.3. The number of hydrogen-bond donors (Lipinski definition) is 1. The van der Waals surface area contributed by atoms with Crippen molar-refractivity contribution >= 4 is 5.78 Å². The van der Waals surface area contributed by atoms with E-state index in [0.29, 0.717) is 11.7 Å². The van der Waals surface area contributed by atoms with E-state index in [-0.39, 0.29) is 11.5 Å². The maximum absolute atomic E-state index is 12.3. The standard InChI is InChI=1S/C18H26O2/c1-18-9-8-14-13-5-3-12(19)10-11(13)2-4-15(14)16(18)6-7-17(18)20/h2,12-16,19H,3-10H2,1H3/t12-,13-,14+,15+,16-,18-/m0/s1. The smallest absolute Gasteiger partial charge is 0.139 e. The van der Waals surface area contributed by atoms with Gasteiger partial charge < -0.3 is 5.11 Å². The van der Waals surface area contributed by atoms with E-state index in [0.717, 1.165) is 56.3 Å². The van der Waals surface area contributed by atoms with Gasteiger partial charge in [0.25, 0.3) is 0 Å². The SMILES string of the molecule is C[C@]12CC[C@H]3[C@@H](CC=C4C[C@@H](O)CC[C@@H]43)[C@@H]1CCC2=O. The van der Waals surface area contributed by atoms with E-state index in [1.54, 1.807) is 0 Å². The van der Waals surface area contributed by atoms with E-state index in [2.05, 4.69) is 13.0 Å². The molecule has 0 aromatic carbocycles. The molecule has 20 heavy (non-hydrogen) atoms. The number of hydrogen-bond acceptors (Lipinski definition) is 2. The molecule has 1 N–H and O–H groups in total. The van der Waals surface area contributed by atoms with Crippen molar-refractivity contribution < 1.29 is 9.90 Å². The number of Topliss-reactive ketones (excluding diaryl/α,β-unsaturated/α-hetero) is 1. The van der Waals surface area contributed by atoms with Crippen molar-refractivity contribution in [1.82, 2.24) is 0 Å². The minimum Gasteiger partial charge on any atom is -0.393 e. The van der Waals surface area contributed by atoms with Gasteiger partial charge in [-0.3, -0.25) is 4.79 Å². The number of rotatable bonds is 0. The molecule has 6 atom stereocenters. The minimum absolute atomic E-state index is 0.000685. The molecule has 0 aromatic rings. The van der Waals surface area contributed by atoms with Crippen molar-refractivity contribution in [2.75, 3.05) is 0 Å². The highest BCUT2D eigenvalue weighted by Crippen LogP contribution is 2.60. The highest BCUT2D eigenvalue weighted by atomic mass is 16.3. The van der Waals surface area contributed by atoms with Gasteiger partial charge in [0.2, 0.25) is 0 Å². The molecule has 0 aromatic heterocycles. The maximum Gasteiger partial charge on any atom is 0.139 e. The van der Waals surface area contributed by atoms with Crippen LogP contribution in [0.4, 0.5) is 0 Å². The van der Waals surface area contributed by atoms with Gasteiger partial charge in [-0.25, -0.2) is 0 Å². The molecule has 4 rings (SSSR count). The van der Waals surface area contributed by atoms with Crippen LogP contribution in [0.25, 0.3) is 0 Å². The summed E-state index contributed by atoms with van der Waals surface area (Å²) in [4.78, 5) is 12.3. The van der Waals surface area contributed by atoms with Gasteiger partial charge in [0.15, 0.2) is 0 Å². The molecule has 3 saturated carbocycles. The molecule has 0 bridgehead atoms. The van der Waals surface area contributed by atoms with Crippen LogP contribution in [-0.2, 0) is 4.79 Å². The second-order valence-corrected chi connectivity index (χ2v) is 7.91. The topological polar surface area (TPSA) is 37.3 Å². The van der Waals surface area contributed by atoms with E-state index in [4.69, 9.17) is 0 Å². The van der Waals surface area contributed by atoms with Crippen molar-refractivity contribution in [3.05, 3.63) is 11.6 Å². The van der Waals surface area contributed by atoms with Gasteiger partial charge in [0, 0.05) is 11.8 Å². The predicted octanol–water partition coefficient (Wildman–Crippen LogP) is 3.49. The Kier molecular flexibility index (Phi) is 2.89. The number of carbonyl (C=O) groups excluding carboxylic acids is 1. The monoisotopic (exact) mass is 274 g/mol. The van der Waals surface area contributed by atoms with E-state index in [1.165, 1.54) is 18.4 Å². The second-order valence-electron chi connectivity index (χ2n) is 7.91. The molecular formula is C18H26O2. The van der Waals surface area contributed by atoms with Crippen LogP contribution in [0.1, 0.15) is 58.3 Å². The summed E-state index contributed by atoms with van der Waals surface area (Å²) in [5.41, 5.74) is 1.54. The Hall–Kier alpha value is -0.630. The van der Waals surface area contributed by atoms with Crippen LogP contribution in [0.5, 0.6) is 0 Å². The van der Waals surface area contributed by atoms with Gasteiger partial charge in [-0.05, 0) is 68.6 Å². The molecule has 0 amide bonds. The van der Waals surface area contributed by atoms with Crippen molar-refractivity contribution in [2.45, 2.75) is 64.4 Å². The van der Waals surface area contributed by atoms with E-state index in [1.807, 2.05) is 0 Å². The lowest BCUT2D eigenvalue weighted by molar-refractivity contribution is -0.130. The second kappa shape index (κ2) is 4.43. The fourth-order valence-electron chi connectivity index (χ4n) is 6.02. The third-order valence-corrected chi connectivity index (χ3v) is 7.13. The third-order valence-electron chi connectivity index (χ3n) is 7.13. The number of fused-ring (bicyclic) bond motifs is 5. The van der Waals surface area contributed by atoms with Crippen molar-refractivity contribution in [3.8, 4) is 0 Å². The first kappa shape index (κ1) is 13.1. The van der Waals surface area contributed by atoms with Gasteiger partial charge in [0.05, 0.1) is 6.10 Å². The lowest BCUT2D eigenvalue weighted by atomic mass is 9.53. The Bertz CT molecular complexity index is 466. The average Bonchev–Trinajstić information content (AvgIpc) is 2.74. The number of carbonyl (C=O) groups is 1. The zero-order chi connectivity index (χ0) is 13.9. The summed E-state index contributed by atoms with van der Waals surface area (Å²) in [6.07, 6.45) is 10.9. The molecule has 0 aliphatic heterocycles. The Morgan fingerprint density at radius 1 is 1.20 bits per heavy atom. The Labute approximate surface area is 121 Å². The van der Waals surface area contributed by atoms with Crippen LogP contribution in [-0.4, -0.2) is 17.0 Å². The Morgan fingerprint density at radius 3 is 2.90 bits per heavy atom. The van der Waals surface area contributed by atoms with Crippen molar-refractivity contribution in [2.24, 2.45) is 29.1 Å². The number of allylic oxidation sites excluding steroid dienone is 1. The quantitative estimate of drug-likeness (QED) is 0.687. The zero-order valence-electron chi connectivity index (χ0n) is 12.5. The normalized spacial score (nSPS) is 51.0. The highest BCUT2D eigenvalue weighted by Gasteiger charge is 2.55. The molecule has 0 radical (unpaired) electrons. The molecule has 2 heteroatoms. The zero-order valence-corrected chi connectivity index (χ0v) is 12.5. The Balaban J connectivity index is 1.64. The minimum atomic E-state index is -0.101. The lowest BCUT2D eigenvalue weighted by Crippen LogP contribution is -2.46. The van der Waals surface area contributed by atoms with Crippen LogP contribution in [0.15, 0.2) is 11.6 Å². The summed E-state index contributed by atoms with van der Waals surface area (Å²) in [6.45, 7) is 2.24. The van der Waals surface area contributed by atoms with Crippen LogP contribution in [0.2, 0.25) is 0 Å². The lowest BCUT2D eigenvalue weighted by Gasteiger charge is -2.51. The third kappa shape index (κ3) is 1.70. The highest BCUT2D eigenvalue weighted by molar-refractivity contribution is 5.87. The average molecular weight is 274 g/mol. The Morgan fingerprint density at radius 2 is 2.05 bits per heavy atom. The van der Waals surface area contributed by atoms with Gasteiger partial charge in [-0.2, -0.15) is 0 Å². The van der Waals surface area contributed by atoms with Crippen molar-refractivity contribution in [1.29, 1.82) is 0 Å². The van der Waals surface area contributed by atoms with Gasteiger partial charge in [-0.15, -0.1) is 0 Å². The summed E-state index contributed by atoms with van der Waals surface area (Å²) in [6, 6.07) is 0. The fourth-order valence-corrected chi connectivity index (χ4v) is 6.02. The first-order valence-electron chi connectivity index (χ1n) is 8.50. The molecule has 0 spiro atoms. The molecule has 4 aliphatic carbocycles. The predicted molar refractivity (Wildman–Crippen MR) is 78.1 cm³/mol. The molecular weight excluding hydrogens is 248 g/mol. The molecule has 3 fully saturated rings. The molecule has 0 unspecified atom stereocenters. The van der Waals surface area contributed by atoms with Gasteiger partial charge in [0.1, 0.15) is 5.78 Å². The summed E-state index contributed by atoms with van der Waals surface area (Å²) in [5, 5.41) is 9.88. The molecule has 2 nitrogen and oxygen atoms in total. The van der Waals surface area contributed by atoms with E-state index in [9.17, 15) is 9.90 Å². The first-order chi connectivity index (χ1) is 9.59.